The first-order chi connectivity index (χ1) is 6.66. The molecule has 1 amide bonds. The van der Waals surface area contributed by atoms with E-state index in [9.17, 15) is 9.90 Å². The van der Waals surface area contributed by atoms with E-state index >= 15 is 0 Å². The first-order valence-electron chi connectivity index (χ1n) is 4.51. The Balaban J connectivity index is 2.05. The van der Waals surface area contributed by atoms with E-state index in [1.54, 1.807) is 21.7 Å². The second kappa shape index (κ2) is 3.67. The second-order valence-corrected chi connectivity index (χ2v) is 4.43. The average Bonchev–Trinajstić information content (AvgIpc) is 2.62. The number of nitrogens with zero attached hydrogens (tertiary/aromatic N) is 2. The molecule has 0 aliphatic carbocycles. The van der Waals surface area contributed by atoms with E-state index in [-0.39, 0.29) is 12.3 Å². The number of aromatic nitrogens is 1. The molecule has 1 N–H and O–H groups in total. The number of likely N-dealkylation sites (tertiary alicyclic amines) is 1. The Morgan fingerprint density at radius 1 is 1.79 bits per heavy atom. The molecule has 0 bridgehead atoms. The largest absolute Gasteiger partial charge is 0.391 e. The fraction of sp³-hybridized carbons (Fsp3) is 0.556. The van der Waals surface area contributed by atoms with Crippen LogP contribution in [0.5, 0.6) is 0 Å². The maximum absolute atomic E-state index is 11.4. The lowest BCUT2D eigenvalue weighted by atomic mass is 10.3. The summed E-state index contributed by atoms with van der Waals surface area (Å²) in [7, 11) is 0. The van der Waals surface area contributed by atoms with Crippen LogP contribution in [-0.4, -0.2) is 33.5 Å². The smallest absolute Gasteiger partial charge is 0.225 e. The highest BCUT2D eigenvalue weighted by molar-refractivity contribution is 7.09. The number of aliphatic hydroxyl groups is 1. The van der Waals surface area contributed by atoms with Crippen molar-refractivity contribution >= 4 is 17.2 Å². The summed E-state index contributed by atoms with van der Waals surface area (Å²) in [6, 6.07) is 0. The Labute approximate surface area is 86.2 Å². The van der Waals surface area contributed by atoms with E-state index < -0.39 is 6.10 Å². The molecular formula is C9H12N2O2S. The van der Waals surface area contributed by atoms with Gasteiger partial charge in [-0.05, 0) is 6.92 Å². The number of hydrogen-bond donors (Lipinski definition) is 1. The molecule has 0 aromatic carbocycles. The molecule has 1 atom stereocenters. The van der Waals surface area contributed by atoms with Gasteiger partial charge in [0.15, 0.2) is 0 Å². The first-order valence-corrected chi connectivity index (χ1v) is 5.39. The zero-order valence-electron chi connectivity index (χ0n) is 7.93. The van der Waals surface area contributed by atoms with Crippen molar-refractivity contribution in [1.29, 1.82) is 0 Å². The fourth-order valence-corrected chi connectivity index (χ4v) is 2.35. The van der Waals surface area contributed by atoms with Crippen molar-refractivity contribution in [2.24, 2.45) is 0 Å². The highest BCUT2D eigenvalue weighted by Crippen LogP contribution is 2.19. The van der Waals surface area contributed by atoms with Crippen molar-refractivity contribution in [3.05, 3.63) is 16.1 Å². The van der Waals surface area contributed by atoms with Crippen molar-refractivity contribution in [2.75, 3.05) is 6.54 Å². The Kier molecular flexibility index (Phi) is 2.52. The Morgan fingerprint density at radius 2 is 2.57 bits per heavy atom. The standard InChI is InChI=1S/C9H12N2O2S/c1-6-8(14-5-10-6)4-11-3-7(12)2-9(11)13/h5,7,12H,2-4H2,1H3. The molecule has 1 saturated heterocycles. The number of thiazole rings is 1. The molecule has 4 nitrogen and oxygen atoms in total. The van der Waals surface area contributed by atoms with Crippen LogP contribution in [-0.2, 0) is 11.3 Å². The summed E-state index contributed by atoms with van der Waals surface area (Å²) in [5, 5.41) is 9.29. The normalized spacial score (nSPS) is 22.0. The molecule has 1 unspecified atom stereocenters. The van der Waals surface area contributed by atoms with Crippen LogP contribution in [0.15, 0.2) is 5.51 Å². The molecule has 0 radical (unpaired) electrons. The molecule has 0 saturated carbocycles. The summed E-state index contributed by atoms with van der Waals surface area (Å²) in [6.07, 6.45) is -0.228. The van der Waals surface area contributed by atoms with Gasteiger partial charge in [-0.3, -0.25) is 4.79 Å². The molecule has 2 rings (SSSR count). The number of aliphatic hydroxyl groups excluding tert-OH is 1. The van der Waals surface area contributed by atoms with E-state index in [2.05, 4.69) is 4.98 Å². The monoisotopic (exact) mass is 212 g/mol. The molecule has 1 aliphatic heterocycles. The van der Waals surface area contributed by atoms with Crippen molar-refractivity contribution < 1.29 is 9.90 Å². The molecule has 1 aliphatic rings. The van der Waals surface area contributed by atoms with Crippen LogP contribution < -0.4 is 0 Å². The number of carbonyl (C=O) groups excluding carboxylic acids is 1. The molecule has 1 aromatic heterocycles. The lowest BCUT2D eigenvalue weighted by molar-refractivity contribution is -0.128. The van der Waals surface area contributed by atoms with Gasteiger partial charge in [0.05, 0.1) is 30.3 Å². The van der Waals surface area contributed by atoms with E-state index in [0.29, 0.717) is 13.1 Å². The second-order valence-electron chi connectivity index (χ2n) is 3.49. The number of rotatable bonds is 2. The van der Waals surface area contributed by atoms with E-state index in [0.717, 1.165) is 10.6 Å². The minimum atomic E-state index is -0.490. The third-order valence-corrected chi connectivity index (χ3v) is 3.29. The van der Waals surface area contributed by atoms with Gasteiger partial charge >= 0.3 is 0 Å². The minimum Gasteiger partial charge on any atom is -0.391 e. The highest BCUT2D eigenvalue weighted by Gasteiger charge is 2.28. The van der Waals surface area contributed by atoms with Crippen LogP contribution >= 0.6 is 11.3 Å². The topological polar surface area (TPSA) is 53.4 Å². The Hall–Kier alpha value is -0.940. The van der Waals surface area contributed by atoms with Crippen LogP contribution in [0, 0.1) is 6.92 Å². The van der Waals surface area contributed by atoms with Crippen LogP contribution in [0.3, 0.4) is 0 Å². The summed E-state index contributed by atoms with van der Waals surface area (Å²) in [4.78, 5) is 18.3. The summed E-state index contributed by atoms with van der Waals surface area (Å²) < 4.78 is 0. The number of β-amino-alcohol motifs (C(OH)–C–C–N with tert-alkyl or cyclic N) is 1. The number of carbonyl (C=O) groups is 1. The Morgan fingerprint density at radius 3 is 3.07 bits per heavy atom. The highest BCUT2D eigenvalue weighted by atomic mass is 32.1. The molecule has 14 heavy (non-hydrogen) atoms. The summed E-state index contributed by atoms with van der Waals surface area (Å²) >= 11 is 1.55. The molecule has 1 aromatic rings. The third kappa shape index (κ3) is 1.78. The zero-order valence-corrected chi connectivity index (χ0v) is 8.75. The van der Waals surface area contributed by atoms with Crippen LogP contribution in [0.4, 0.5) is 0 Å². The van der Waals surface area contributed by atoms with Crippen molar-refractivity contribution in [1.82, 2.24) is 9.88 Å². The number of aryl methyl sites for hydroxylation is 1. The van der Waals surface area contributed by atoms with Crippen LogP contribution in [0.25, 0.3) is 0 Å². The fourth-order valence-electron chi connectivity index (χ4n) is 1.56. The summed E-state index contributed by atoms with van der Waals surface area (Å²) in [5.41, 5.74) is 2.76. The maximum Gasteiger partial charge on any atom is 0.225 e. The molecular weight excluding hydrogens is 200 g/mol. The lowest BCUT2D eigenvalue weighted by Crippen LogP contribution is -2.25. The van der Waals surface area contributed by atoms with E-state index in [1.807, 2.05) is 6.92 Å². The zero-order chi connectivity index (χ0) is 10.1. The van der Waals surface area contributed by atoms with Gasteiger partial charge in [0.25, 0.3) is 0 Å². The van der Waals surface area contributed by atoms with Gasteiger partial charge < -0.3 is 10.0 Å². The van der Waals surface area contributed by atoms with Gasteiger partial charge in [-0.2, -0.15) is 0 Å². The Bertz CT molecular complexity index is 350. The van der Waals surface area contributed by atoms with Crippen LogP contribution in [0.1, 0.15) is 17.0 Å². The SMILES string of the molecule is Cc1ncsc1CN1CC(O)CC1=O. The predicted octanol–water partition coefficient (Wildman–Crippen LogP) is 0.545. The summed E-state index contributed by atoms with van der Waals surface area (Å²) in [6.45, 7) is 2.98. The van der Waals surface area contributed by atoms with Crippen LogP contribution in [0.2, 0.25) is 0 Å². The molecule has 5 heteroatoms. The molecule has 0 spiro atoms. The third-order valence-electron chi connectivity index (χ3n) is 2.37. The van der Waals surface area contributed by atoms with Gasteiger partial charge in [0.1, 0.15) is 0 Å². The number of amides is 1. The minimum absolute atomic E-state index is 0.0327. The predicted molar refractivity (Wildman–Crippen MR) is 52.9 cm³/mol. The van der Waals surface area contributed by atoms with Gasteiger partial charge in [0, 0.05) is 11.4 Å². The maximum atomic E-state index is 11.4. The quantitative estimate of drug-likeness (QED) is 0.778. The summed E-state index contributed by atoms with van der Waals surface area (Å²) in [5.74, 6) is 0.0327. The number of hydrogen-bond acceptors (Lipinski definition) is 4. The van der Waals surface area contributed by atoms with Gasteiger partial charge in [-0.1, -0.05) is 0 Å². The van der Waals surface area contributed by atoms with Gasteiger partial charge in [-0.25, -0.2) is 4.98 Å². The van der Waals surface area contributed by atoms with E-state index in [1.165, 1.54) is 0 Å². The molecule has 1 fully saturated rings. The van der Waals surface area contributed by atoms with Crippen molar-refractivity contribution in [3.63, 3.8) is 0 Å². The molecule has 2 heterocycles. The average molecular weight is 212 g/mol. The van der Waals surface area contributed by atoms with Crippen molar-refractivity contribution in [2.45, 2.75) is 26.0 Å². The lowest BCUT2D eigenvalue weighted by Gasteiger charge is -2.14. The molecule has 76 valence electrons. The van der Waals surface area contributed by atoms with E-state index in [4.69, 9.17) is 0 Å². The first kappa shape index (κ1) is 9.61. The van der Waals surface area contributed by atoms with Crippen molar-refractivity contribution in [3.8, 4) is 0 Å². The van der Waals surface area contributed by atoms with Gasteiger partial charge in [0.2, 0.25) is 5.91 Å². The van der Waals surface area contributed by atoms with Gasteiger partial charge in [-0.15, -0.1) is 11.3 Å².